The zero-order valence-electron chi connectivity index (χ0n) is 10.9. The van der Waals surface area contributed by atoms with Crippen molar-refractivity contribution in [2.75, 3.05) is 7.05 Å². The molecule has 0 aromatic carbocycles. The standard InChI is InChI=1S/C13H17N3O3/c1-16(9-5-3-2-4-6-9)12(17)10-11(13(18)19)15-8-7-14-10/h7-9H,2-6H2,1H3,(H,18,19). The minimum Gasteiger partial charge on any atom is -0.476 e. The molecule has 1 aromatic rings. The molecule has 1 heterocycles. The van der Waals surface area contributed by atoms with E-state index in [0.29, 0.717) is 0 Å². The summed E-state index contributed by atoms with van der Waals surface area (Å²) in [6.45, 7) is 0. The van der Waals surface area contributed by atoms with Crippen molar-refractivity contribution in [2.24, 2.45) is 0 Å². The molecule has 102 valence electrons. The van der Waals surface area contributed by atoms with Crippen molar-refractivity contribution in [3.05, 3.63) is 23.8 Å². The molecule has 0 spiro atoms. The Kier molecular flexibility index (Phi) is 4.09. The van der Waals surface area contributed by atoms with Crippen LogP contribution in [0.15, 0.2) is 12.4 Å². The highest BCUT2D eigenvalue weighted by atomic mass is 16.4. The van der Waals surface area contributed by atoms with Gasteiger partial charge in [0.15, 0.2) is 11.4 Å². The highest BCUT2D eigenvalue weighted by molar-refractivity contribution is 6.01. The van der Waals surface area contributed by atoms with Crippen molar-refractivity contribution in [3.63, 3.8) is 0 Å². The fourth-order valence-corrected chi connectivity index (χ4v) is 2.45. The fraction of sp³-hybridized carbons (Fsp3) is 0.538. The van der Waals surface area contributed by atoms with E-state index in [4.69, 9.17) is 5.11 Å². The maximum Gasteiger partial charge on any atom is 0.356 e. The monoisotopic (exact) mass is 263 g/mol. The van der Waals surface area contributed by atoms with Crippen LogP contribution in [0.5, 0.6) is 0 Å². The molecule has 0 atom stereocenters. The molecule has 6 heteroatoms. The average Bonchev–Trinajstić information content (AvgIpc) is 2.46. The predicted octanol–water partition coefficient (Wildman–Crippen LogP) is 1.58. The molecule has 1 aliphatic rings. The first-order valence-corrected chi connectivity index (χ1v) is 6.42. The molecular formula is C13H17N3O3. The van der Waals surface area contributed by atoms with Gasteiger partial charge < -0.3 is 10.0 Å². The topological polar surface area (TPSA) is 83.4 Å². The zero-order chi connectivity index (χ0) is 13.8. The molecular weight excluding hydrogens is 246 g/mol. The Labute approximate surface area is 111 Å². The highest BCUT2D eigenvalue weighted by Gasteiger charge is 2.27. The fourth-order valence-electron chi connectivity index (χ4n) is 2.45. The Bertz CT molecular complexity index is 484. The van der Waals surface area contributed by atoms with Gasteiger partial charge in [-0.3, -0.25) is 4.79 Å². The molecule has 0 bridgehead atoms. The number of carbonyl (C=O) groups excluding carboxylic acids is 1. The van der Waals surface area contributed by atoms with Gasteiger partial charge in [0.25, 0.3) is 5.91 Å². The second-order valence-corrected chi connectivity index (χ2v) is 4.77. The summed E-state index contributed by atoms with van der Waals surface area (Å²) in [5, 5.41) is 9.03. The molecule has 0 saturated heterocycles. The number of rotatable bonds is 3. The Balaban J connectivity index is 2.21. The molecule has 0 radical (unpaired) electrons. The van der Waals surface area contributed by atoms with E-state index >= 15 is 0 Å². The Morgan fingerprint density at radius 2 is 1.74 bits per heavy atom. The first-order valence-electron chi connectivity index (χ1n) is 6.42. The average molecular weight is 263 g/mol. The van der Waals surface area contributed by atoms with Crippen molar-refractivity contribution in [2.45, 2.75) is 38.1 Å². The van der Waals surface area contributed by atoms with Crippen molar-refractivity contribution >= 4 is 11.9 Å². The maximum atomic E-state index is 12.3. The molecule has 1 fully saturated rings. The number of aromatic carboxylic acids is 1. The summed E-state index contributed by atoms with van der Waals surface area (Å²) in [5.41, 5.74) is -0.363. The lowest BCUT2D eigenvalue weighted by molar-refractivity contribution is 0.0644. The molecule has 1 amide bonds. The lowest BCUT2D eigenvalue weighted by Gasteiger charge is -2.31. The normalized spacial score (nSPS) is 16.1. The summed E-state index contributed by atoms with van der Waals surface area (Å²) in [4.78, 5) is 32.6. The molecule has 0 aliphatic heterocycles. The summed E-state index contributed by atoms with van der Waals surface area (Å²) in [7, 11) is 1.71. The van der Waals surface area contributed by atoms with Gasteiger partial charge in [0.05, 0.1) is 0 Å². The second-order valence-electron chi connectivity index (χ2n) is 4.77. The third-order valence-electron chi connectivity index (χ3n) is 3.55. The van der Waals surface area contributed by atoms with E-state index in [2.05, 4.69) is 9.97 Å². The Morgan fingerprint density at radius 3 is 2.32 bits per heavy atom. The molecule has 1 saturated carbocycles. The van der Waals surface area contributed by atoms with E-state index in [1.54, 1.807) is 11.9 Å². The van der Waals surface area contributed by atoms with Crippen LogP contribution < -0.4 is 0 Å². The van der Waals surface area contributed by atoms with Crippen LogP contribution in [0.2, 0.25) is 0 Å². The maximum absolute atomic E-state index is 12.3. The quantitative estimate of drug-likeness (QED) is 0.895. The SMILES string of the molecule is CN(C(=O)c1nccnc1C(=O)O)C1CCCCC1. The largest absolute Gasteiger partial charge is 0.476 e. The molecule has 1 N–H and O–H groups in total. The van der Waals surface area contributed by atoms with Crippen LogP contribution in [0.4, 0.5) is 0 Å². The van der Waals surface area contributed by atoms with E-state index in [0.717, 1.165) is 25.7 Å². The first-order chi connectivity index (χ1) is 9.11. The lowest BCUT2D eigenvalue weighted by Crippen LogP contribution is -2.39. The van der Waals surface area contributed by atoms with Crippen molar-refractivity contribution in [1.82, 2.24) is 14.9 Å². The van der Waals surface area contributed by atoms with Gasteiger partial charge in [-0.25, -0.2) is 14.8 Å². The van der Waals surface area contributed by atoms with Crippen molar-refractivity contribution < 1.29 is 14.7 Å². The van der Waals surface area contributed by atoms with Crippen LogP contribution in [0, 0.1) is 0 Å². The van der Waals surface area contributed by atoms with Crippen molar-refractivity contribution in [1.29, 1.82) is 0 Å². The van der Waals surface area contributed by atoms with Gasteiger partial charge in [-0.2, -0.15) is 0 Å². The summed E-state index contributed by atoms with van der Waals surface area (Å²) in [5.74, 6) is -1.59. The van der Waals surface area contributed by atoms with E-state index in [-0.39, 0.29) is 23.3 Å². The van der Waals surface area contributed by atoms with Crippen LogP contribution >= 0.6 is 0 Å². The number of hydrogen-bond donors (Lipinski definition) is 1. The molecule has 1 aliphatic carbocycles. The summed E-state index contributed by atoms with van der Waals surface area (Å²) in [6.07, 6.45) is 7.96. The Hall–Kier alpha value is -1.98. The van der Waals surface area contributed by atoms with Gasteiger partial charge in [0, 0.05) is 25.5 Å². The number of hydrogen-bond acceptors (Lipinski definition) is 4. The summed E-state index contributed by atoms with van der Waals surface area (Å²) in [6, 6.07) is 0.171. The molecule has 1 aromatic heterocycles. The molecule has 6 nitrogen and oxygen atoms in total. The van der Waals surface area contributed by atoms with Gasteiger partial charge in [0.1, 0.15) is 0 Å². The van der Waals surface area contributed by atoms with E-state index < -0.39 is 5.97 Å². The van der Waals surface area contributed by atoms with Gasteiger partial charge in [-0.05, 0) is 12.8 Å². The lowest BCUT2D eigenvalue weighted by atomic mass is 9.94. The number of carboxylic acid groups (broad SMARTS) is 1. The number of amides is 1. The Morgan fingerprint density at radius 1 is 1.16 bits per heavy atom. The summed E-state index contributed by atoms with van der Waals surface area (Å²) >= 11 is 0. The smallest absolute Gasteiger partial charge is 0.356 e. The molecule has 19 heavy (non-hydrogen) atoms. The third kappa shape index (κ3) is 2.89. The van der Waals surface area contributed by atoms with Gasteiger partial charge in [-0.1, -0.05) is 19.3 Å². The zero-order valence-corrected chi connectivity index (χ0v) is 10.9. The van der Waals surface area contributed by atoms with Crippen molar-refractivity contribution in [3.8, 4) is 0 Å². The first kappa shape index (κ1) is 13.5. The third-order valence-corrected chi connectivity index (χ3v) is 3.55. The number of aromatic nitrogens is 2. The number of nitrogens with zero attached hydrogens (tertiary/aromatic N) is 3. The van der Waals surface area contributed by atoms with Crippen LogP contribution in [-0.4, -0.2) is 44.9 Å². The van der Waals surface area contributed by atoms with E-state index in [9.17, 15) is 9.59 Å². The van der Waals surface area contributed by atoms with Crippen LogP contribution in [0.3, 0.4) is 0 Å². The van der Waals surface area contributed by atoms with Crippen LogP contribution in [0.25, 0.3) is 0 Å². The van der Waals surface area contributed by atoms with Crippen LogP contribution in [0.1, 0.15) is 53.1 Å². The van der Waals surface area contributed by atoms with Gasteiger partial charge in [0.2, 0.25) is 0 Å². The van der Waals surface area contributed by atoms with E-state index in [1.165, 1.54) is 18.8 Å². The second kappa shape index (κ2) is 5.77. The minimum atomic E-state index is -1.23. The molecule has 0 unspecified atom stereocenters. The minimum absolute atomic E-state index is 0.0805. The number of carbonyl (C=O) groups is 2. The highest BCUT2D eigenvalue weighted by Crippen LogP contribution is 2.22. The predicted molar refractivity (Wildman–Crippen MR) is 68.0 cm³/mol. The number of carboxylic acids is 1. The summed E-state index contributed by atoms with van der Waals surface area (Å²) < 4.78 is 0. The molecule has 2 rings (SSSR count). The van der Waals surface area contributed by atoms with Gasteiger partial charge >= 0.3 is 5.97 Å². The van der Waals surface area contributed by atoms with Crippen LogP contribution in [-0.2, 0) is 0 Å². The van der Waals surface area contributed by atoms with Gasteiger partial charge in [-0.15, -0.1) is 0 Å². The van der Waals surface area contributed by atoms with E-state index in [1.807, 2.05) is 0 Å².